The van der Waals surface area contributed by atoms with Gasteiger partial charge in [0.2, 0.25) is 0 Å². The largest absolute Gasteiger partial charge is 0.271 e. The van der Waals surface area contributed by atoms with E-state index in [1.807, 2.05) is 25.1 Å². The number of hydrazine groups is 1. The lowest BCUT2D eigenvalue weighted by Gasteiger charge is -2.18. The van der Waals surface area contributed by atoms with Crippen LogP contribution in [0.1, 0.15) is 22.7 Å². The summed E-state index contributed by atoms with van der Waals surface area (Å²) in [4.78, 5) is 0. The highest BCUT2D eigenvalue weighted by molar-refractivity contribution is 9.10. The monoisotopic (exact) mass is 322 g/mol. The van der Waals surface area contributed by atoms with Crippen LogP contribution in [0, 0.1) is 12.7 Å². The molecule has 0 spiro atoms. The lowest BCUT2D eigenvalue weighted by atomic mass is 9.98. The SMILES string of the molecule is Cc1cc(Br)cc(C(Cc2ccccc2F)NN)c1. The summed E-state index contributed by atoms with van der Waals surface area (Å²) in [5.74, 6) is 5.42. The molecule has 2 nitrogen and oxygen atoms in total. The van der Waals surface area contributed by atoms with Crippen LogP contribution in [0.15, 0.2) is 46.9 Å². The molecule has 4 heteroatoms. The maximum atomic E-state index is 13.7. The number of benzene rings is 2. The van der Waals surface area contributed by atoms with Gasteiger partial charge in [-0.3, -0.25) is 11.3 Å². The third kappa shape index (κ3) is 3.62. The maximum Gasteiger partial charge on any atom is 0.126 e. The van der Waals surface area contributed by atoms with Crippen molar-refractivity contribution in [3.05, 3.63) is 69.4 Å². The molecule has 0 bridgehead atoms. The van der Waals surface area contributed by atoms with Gasteiger partial charge in [-0.1, -0.05) is 40.2 Å². The normalized spacial score (nSPS) is 12.4. The minimum atomic E-state index is -0.200. The van der Waals surface area contributed by atoms with E-state index in [1.54, 1.807) is 12.1 Å². The van der Waals surface area contributed by atoms with Gasteiger partial charge in [0.1, 0.15) is 5.82 Å². The lowest BCUT2D eigenvalue weighted by molar-refractivity contribution is 0.529. The molecule has 0 amide bonds. The molecule has 1 atom stereocenters. The predicted octanol–water partition coefficient (Wildman–Crippen LogP) is 3.64. The summed E-state index contributed by atoms with van der Waals surface area (Å²) in [5, 5.41) is 0. The van der Waals surface area contributed by atoms with Gasteiger partial charge in [-0.25, -0.2) is 4.39 Å². The van der Waals surface area contributed by atoms with Crippen molar-refractivity contribution in [1.82, 2.24) is 5.43 Å². The summed E-state index contributed by atoms with van der Waals surface area (Å²) < 4.78 is 14.7. The Hall–Kier alpha value is -1.23. The van der Waals surface area contributed by atoms with Crippen LogP contribution in [-0.2, 0) is 6.42 Å². The Bertz CT molecular complexity index is 552. The molecule has 0 aromatic heterocycles. The fraction of sp³-hybridized carbons (Fsp3) is 0.200. The minimum Gasteiger partial charge on any atom is -0.271 e. The van der Waals surface area contributed by atoms with Gasteiger partial charge >= 0.3 is 0 Å². The first-order valence-corrected chi connectivity index (χ1v) is 6.86. The Kier molecular flexibility index (Phi) is 4.69. The first-order valence-electron chi connectivity index (χ1n) is 6.07. The van der Waals surface area contributed by atoms with Gasteiger partial charge in [-0.15, -0.1) is 0 Å². The van der Waals surface area contributed by atoms with Gasteiger partial charge in [-0.2, -0.15) is 0 Å². The summed E-state index contributed by atoms with van der Waals surface area (Å²) in [6.45, 7) is 2.02. The van der Waals surface area contributed by atoms with Gasteiger partial charge in [0, 0.05) is 4.47 Å². The van der Waals surface area contributed by atoms with E-state index in [2.05, 4.69) is 27.4 Å². The Morgan fingerprint density at radius 2 is 2.00 bits per heavy atom. The third-order valence-corrected chi connectivity index (χ3v) is 3.51. The quantitative estimate of drug-likeness (QED) is 0.666. The van der Waals surface area contributed by atoms with Crippen molar-refractivity contribution in [3.63, 3.8) is 0 Å². The van der Waals surface area contributed by atoms with Crippen LogP contribution in [0.3, 0.4) is 0 Å². The van der Waals surface area contributed by atoms with Crippen LogP contribution in [0.5, 0.6) is 0 Å². The third-order valence-electron chi connectivity index (χ3n) is 3.05. The molecule has 0 aliphatic heterocycles. The molecule has 19 heavy (non-hydrogen) atoms. The van der Waals surface area contributed by atoms with E-state index < -0.39 is 0 Å². The van der Waals surface area contributed by atoms with Gasteiger partial charge in [-0.05, 0) is 48.2 Å². The molecule has 0 heterocycles. The number of hydrogen-bond acceptors (Lipinski definition) is 2. The van der Waals surface area contributed by atoms with Crippen LogP contribution < -0.4 is 11.3 Å². The number of nitrogens with one attached hydrogen (secondary N) is 1. The maximum absolute atomic E-state index is 13.7. The zero-order valence-electron chi connectivity index (χ0n) is 10.7. The number of aryl methyl sites for hydroxylation is 1. The molecule has 2 aromatic carbocycles. The van der Waals surface area contributed by atoms with Crippen molar-refractivity contribution in [2.24, 2.45) is 5.84 Å². The number of rotatable bonds is 4. The van der Waals surface area contributed by atoms with Gasteiger partial charge in [0.15, 0.2) is 0 Å². The van der Waals surface area contributed by atoms with E-state index in [1.165, 1.54) is 6.07 Å². The first kappa shape index (κ1) is 14.2. The first-order chi connectivity index (χ1) is 9.10. The van der Waals surface area contributed by atoms with Crippen molar-refractivity contribution in [2.45, 2.75) is 19.4 Å². The molecule has 0 aliphatic rings. The highest BCUT2D eigenvalue weighted by Crippen LogP contribution is 2.24. The predicted molar refractivity (Wildman–Crippen MR) is 79.0 cm³/mol. The summed E-state index contributed by atoms with van der Waals surface area (Å²) in [5.41, 5.74) is 5.59. The van der Waals surface area contributed by atoms with Crippen LogP contribution in [-0.4, -0.2) is 0 Å². The molecule has 0 saturated heterocycles. The number of halogens is 2. The smallest absolute Gasteiger partial charge is 0.126 e. The molecule has 0 saturated carbocycles. The zero-order valence-corrected chi connectivity index (χ0v) is 12.2. The lowest BCUT2D eigenvalue weighted by Crippen LogP contribution is -2.29. The summed E-state index contributed by atoms with van der Waals surface area (Å²) >= 11 is 3.47. The van der Waals surface area contributed by atoms with Crippen molar-refractivity contribution < 1.29 is 4.39 Å². The fourth-order valence-corrected chi connectivity index (χ4v) is 2.75. The van der Waals surface area contributed by atoms with Crippen LogP contribution in [0.2, 0.25) is 0 Å². The average molecular weight is 323 g/mol. The second-order valence-electron chi connectivity index (χ2n) is 4.58. The average Bonchev–Trinajstić information content (AvgIpc) is 2.36. The van der Waals surface area contributed by atoms with Crippen molar-refractivity contribution >= 4 is 15.9 Å². The van der Waals surface area contributed by atoms with E-state index in [0.29, 0.717) is 12.0 Å². The highest BCUT2D eigenvalue weighted by Gasteiger charge is 2.13. The second-order valence-corrected chi connectivity index (χ2v) is 5.49. The molecule has 2 rings (SSSR count). The molecular weight excluding hydrogens is 307 g/mol. The Labute approximate surface area is 120 Å². The molecule has 0 fully saturated rings. The highest BCUT2D eigenvalue weighted by atomic mass is 79.9. The van der Waals surface area contributed by atoms with E-state index in [4.69, 9.17) is 5.84 Å². The molecular formula is C15H16BrFN2. The van der Waals surface area contributed by atoms with Crippen LogP contribution in [0.25, 0.3) is 0 Å². The molecule has 0 radical (unpaired) electrons. The molecule has 1 unspecified atom stereocenters. The van der Waals surface area contributed by atoms with E-state index in [9.17, 15) is 4.39 Å². The number of nitrogens with two attached hydrogens (primary N) is 1. The van der Waals surface area contributed by atoms with Crippen molar-refractivity contribution in [1.29, 1.82) is 0 Å². The van der Waals surface area contributed by atoms with E-state index >= 15 is 0 Å². The summed E-state index contributed by atoms with van der Waals surface area (Å²) in [6.07, 6.45) is 0.513. The Morgan fingerprint density at radius 3 is 2.63 bits per heavy atom. The minimum absolute atomic E-state index is 0.118. The Balaban J connectivity index is 2.28. The fourth-order valence-electron chi connectivity index (χ4n) is 2.12. The summed E-state index contributed by atoms with van der Waals surface area (Å²) in [6, 6.07) is 12.7. The zero-order chi connectivity index (χ0) is 13.8. The number of hydrogen-bond donors (Lipinski definition) is 2. The van der Waals surface area contributed by atoms with Gasteiger partial charge < -0.3 is 0 Å². The topological polar surface area (TPSA) is 38.0 Å². The van der Waals surface area contributed by atoms with E-state index in [-0.39, 0.29) is 11.9 Å². The molecule has 2 aromatic rings. The van der Waals surface area contributed by atoms with Gasteiger partial charge in [0.05, 0.1) is 6.04 Å². The van der Waals surface area contributed by atoms with E-state index in [0.717, 1.165) is 15.6 Å². The van der Waals surface area contributed by atoms with Crippen LogP contribution >= 0.6 is 15.9 Å². The Morgan fingerprint density at radius 1 is 1.26 bits per heavy atom. The molecule has 0 aliphatic carbocycles. The standard InChI is InChI=1S/C15H16BrFN2/c1-10-6-12(8-13(16)7-10)15(19-18)9-11-4-2-3-5-14(11)17/h2-8,15,19H,9,18H2,1H3. The molecule has 100 valence electrons. The van der Waals surface area contributed by atoms with Crippen molar-refractivity contribution in [3.8, 4) is 0 Å². The van der Waals surface area contributed by atoms with Crippen molar-refractivity contribution in [2.75, 3.05) is 0 Å². The van der Waals surface area contributed by atoms with Crippen LogP contribution in [0.4, 0.5) is 4.39 Å². The summed E-state index contributed by atoms with van der Waals surface area (Å²) in [7, 11) is 0. The second kappa shape index (κ2) is 6.28. The van der Waals surface area contributed by atoms with Gasteiger partial charge in [0.25, 0.3) is 0 Å². The molecule has 3 N–H and O–H groups in total.